The summed E-state index contributed by atoms with van der Waals surface area (Å²) in [5, 5.41) is 9.67. The first kappa shape index (κ1) is 15.6. The number of rotatable bonds is 3. The molecule has 1 amide bonds. The van der Waals surface area contributed by atoms with Crippen molar-refractivity contribution in [3.05, 3.63) is 41.2 Å². The average molecular weight is 334 g/mol. The first-order valence-electron chi connectivity index (χ1n) is 7.14. The Labute approximate surface area is 136 Å². The quantitative estimate of drug-likeness (QED) is 0.937. The lowest BCUT2D eigenvalue weighted by Gasteiger charge is -2.19. The van der Waals surface area contributed by atoms with Crippen molar-refractivity contribution in [3.8, 4) is 10.6 Å². The maximum absolute atomic E-state index is 13.8. The second-order valence-electron chi connectivity index (χ2n) is 5.85. The van der Waals surface area contributed by atoms with E-state index < -0.39 is 11.4 Å². The normalized spacial score (nSPS) is 20.7. The summed E-state index contributed by atoms with van der Waals surface area (Å²) in [5.74, 6) is -1.54. The second kappa shape index (κ2) is 5.73. The Kier molecular flexibility index (Phi) is 3.89. The van der Waals surface area contributed by atoms with Crippen LogP contribution < -0.4 is 0 Å². The number of benzene rings is 1. The summed E-state index contributed by atoms with van der Waals surface area (Å²) in [6, 6.07) is 6.26. The Morgan fingerprint density at radius 1 is 1.39 bits per heavy atom. The molecule has 1 atom stereocenters. The van der Waals surface area contributed by atoms with Gasteiger partial charge < -0.3 is 10.0 Å². The number of halogens is 1. The highest BCUT2D eigenvalue weighted by Gasteiger charge is 2.42. The summed E-state index contributed by atoms with van der Waals surface area (Å²) < 4.78 is 13.8. The Hall–Kier alpha value is -2.28. The monoisotopic (exact) mass is 334 g/mol. The number of likely N-dealkylation sites (tertiary alicyclic amines) is 1. The first-order valence-corrected chi connectivity index (χ1v) is 7.96. The number of aromatic nitrogens is 1. The van der Waals surface area contributed by atoms with Crippen LogP contribution in [0.15, 0.2) is 30.5 Å². The van der Waals surface area contributed by atoms with Crippen LogP contribution in [-0.2, 0) is 4.79 Å². The number of hydrogen-bond donors (Lipinski definition) is 1. The zero-order valence-electron chi connectivity index (χ0n) is 12.5. The van der Waals surface area contributed by atoms with E-state index in [4.69, 9.17) is 0 Å². The Morgan fingerprint density at radius 3 is 2.78 bits per heavy atom. The number of amides is 1. The fraction of sp³-hybridized carbons (Fsp3) is 0.312. The molecule has 2 heterocycles. The maximum Gasteiger partial charge on any atom is 0.311 e. The Morgan fingerprint density at radius 2 is 2.13 bits per heavy atom. The minimum absolute atomic E-state index is 0.175. The lowest BCUT2D eigenvalue weighted by molar-refractivity contribution is -0.147. The van der Waals surface area contributed by atoms with Crippen LogP contribution in [0.3, 0.4) is 0 Å². The predicted molar refractivity (Wildman–Crippen MR) is 83.8 cm³/mol. The van der Waals surface area contributed by atoms with Gasteiger partial charge >= 0.3 is 5.97 Å². The van der Waals surface area contributed by atoms with Gasteiger partial charge in [-0.15, -0.1) is 11.3 Å². The molecule has 120 valence electrons. The molecule has 7 heteroatoms. The molecule has 3 rings (SSSR count). The van der Waals surface area contributed by atoms with Crippen molar-refractivity contribution < 1.29 is 19.1 Å². The molecular weight excluding hydrogens is 319 g/mol. The van der Waals surface area contributed by atoms with Crippen molar-refractivity contribution in [2.75, 3.05) is 13.1 Å². The third-order valence-electron chi connectivity index (χ3n) is 4.10. The van der Waals surface area contributed by atoms with Crippen LogP contribution in [0.2, 0.25) is 0 Å². The van der Waals surface area contributed by atoms with E-state index >= 15 is 0 Å². The van der Waals surface area contributed by atoms with Gasteiger partial charge in [0, 0.05) is 18.7 Å². The maximum atomic E-state index is 13.8. The molecule has 2 aromatic rings. The summed E-state index contributed by atoms with van der Waals surface area (Å²) in [7, 11) is 0. The third-order valence-corrected chi connectivity index (χ3v) is 5.12. The van der Waals surface area contributed by atoms with Gasteiger partial charge in [0.1, 0.15) is 15.7 Å². The number of aliphatic carboxylic acids is 1. The molecule has 0 spiro atoms. The number of thiazole rings is 1. The molecule has 5 nitrogen and oxygen atoms in total. The zero-order chi connectivity index (χ0) is 16.6. The summed E-state index contributed by atoms with van der Waals surface area (Å²) in [5.41, 5.74) is -0.553. The zero-order valence-corrected chi connectivity index (χ0v) is 13.3. The standard InChI is InChI=1S/C16H15FN2O3S/c1-16(15(21)22)6-7-19(9-16)14(20)12-8-18-13(23-12)10-4-2-3-5-11(10)17/h2-5,8H,6-7,9H2,1H3,(H,21,22)/t16-/m1/s1. The van der Waals surface area contributed by atoms with E-state index in [0.717, 1.165) is 11.3 Å². The highest BCUT2D eigenvalue weighted by atomic mass is 32.1. The molecule has 0 aliphatic carbocycles. The van der Waals surface area contributed by atoms with Crippen LogP contribution >= 0.6 is 11.3 Å². The van der Waals surface area contributed by atoms with Crippen molar-refractivity contribution in [1.29, 1.82) is 0 Å². The fourth-order valence-electron chi connectivity index (χ4n) is 2.60. The lowest BCUT2D eigenvalue weighted by atomic mass is 9.90. The SMILES string of the molecule is C[C@@]1(C(=O)O)CCN(C(=O)c2cnc(-c3ccccc3F)s2)C1. The molecule has 1 N–H and O–H groups in total. The van der Waals surface area contributed by atoms with Crippen LogP contribution in [0.4, 0.5) is 4.39 Å². The minimum Gasteiger partial charge on any atom is -0.481 e. The minimum atomic E-state index is -0.908. The summed E-state index contributed by atoms with van der Waals surface area (Å²) in [6.07, 6.45) is 1.85. The van der Waals surface area contributed by atoms with E-state index in [1.807, 2.05) is 0 Å². The van der Waals surface area contributed by atoms with Gasteiger partial charge in [-0.1, -0.05) is 12.1 Å². The van der Waals surface area contributed by atoms with E-state index in [9.17, 15) is 19.1 Å². The lowest BCUT2D eigenvalue weighted by Crippen LogP contribution is -2.34. The van der Waals surface area contributed by atoms with E-state index in [1.54, 1.807) is 25.1 Å². The number of hydrogen-bond acceptors (Lipinski definition) is 4. The number of carboxylic acids is 1. The molecule has 1 aliphatic rings. The highest BCUT2D eigenvalue weighted by molar-refractivity contribution is 7.16. The van der Waals surface area contributed by atoms with Crippen LogP contribution in [0, 0.1) is 11.2 Å². The molecule has 1 aromatic carbocycles. The average Bonchev–Trinajstić information content (AvgIpc) is 3.15. The molecule has 1 aromatic heterocycles. The third kappa shape index (κ3) is 2.84. The van der Waals surface area contributed by atoms with E-state index in [-0.39, 0.29) is 18.3 Å². The molecule has 1 saturated heterocycles. The molecule has 0 saturated carbocycles. The van der Waals surface area contributed by atoms with E-state index in [0.29, 0.717) is 28.4 Å². The van der Waals surface area contributed by atoms with Gasteiger partial charge in [-0.05, 0) is 25.5 Å². The smallest absolute Gasteiger partial charge is 0.311 e. The molecule has 0 unspecified atom stereocenters. The van der Waals surface area contributed by atoms with E-state index in [2.05, 4.69) is 4.98 Å². The van der Waals surface area contributed by atoms with Crippen molar-refractivity contribution in [1.82, 2.24) is 9.88 Å². The number of carboxylic acid groups (broad SMARTS) is 1. The molecule has 23 heavy (non-hydrogen) atoms. The largest absolute Gasteiger partial charge is 0.481 e. The van der Waals surface area contributed by atoms with Gasteiger partial charge in [0.15, 0.2) is 0 Å². The van der Waals surface area contributed by atoms with Crippen LogP contribution in [0.25, 0.3) is 10.6 Å². The molecule has 1 aliphatic heterocycles. The predicted octanol–water partition coefficient (Wildman–Crippen LogP) is 2.89. The van der Waals surface area contributed by atoms with Gasteiger partial charge in [-0.2, -0.15) is 0 Å². The molecule has 1 fully saturated rings. The topological polar surface area (TPSA) is 70.5 Å². The Balaban J connectivity index is 1.80. The van der Waals surface area contributed by atoms with Gasteiger partial charge in [0.05, 0.1) is 11.6 Å². The fourth-order valence-corrected chi connectivity index (χ4v) is 3.51. The molecule has 0 radical (unpaired) electrons. The second-order valence-corrected chi connectivity index (χ2v) is 6.88. The molecular formula is C16H15FN2O3S. The number of carbonyl (C=O) groups is 2. The van der Waals surface area contributed by atoms with Crippen molar-refractivity contribution in [2.45, 2.75) is 13.3 Å². The van der Waals surface area contributed by atoms with Crippen LogP contribution in [0.1, 0.15) is 23.0 Å². The Bertz CT molecular complexity index is 776. The number of nitrogens with zero attached hydrogens (tertiary/aromatic N) is 2. The van der Waals surface area contributed by atoms with Crippen LogP contribution in [-0.4, -0.2) is 40.0 Å². The van der Waals surface area contributed by atoms with Gasteiger partial charge in [-0.25, -0.2) is 9.37 Å². The number of carbonyl (C=O) groups excluding carboxylic acids is 1. The van der Waals surface area contributed by atoms with Gasteiger partial charge in [0.2, 0.25) is 0 Å². The summed E-state index contributed by atoms with van der Waals surface area (Å²) in [4.78, 5) is 29.8. The van der Waals surface area contributed by atoms with Crippen LogP contribution in [0.5, 0.6) is 0 Å². The van der Waals surface area contributed by atoms with E-state index in [1.165, 1.54) is 17.2 Å². The van der Waals surface area contributed by atoms with Crippen molar-refractivity contribution in [2.24, 2.45) is 5.41 Å². The van der Waals surface area contributed by atoms with Gasteiger partial charge in [-0.3, -0.25) is 9.59 Å². The van der Waals surface area contributed by atoms with Gasteiger partial charge in [0.25, 0.3) is 5.91 Å². The van der Waals surface area contributed by atoms with Crippen molar-refractivity contribution in [3.63, 3.8) is 0 Å². The summed E-state index contributed by atoms with van der Waals surface area (Å²) >= 11 is 1.11. The highest BCUT2D eigenvalue weighted by Crippen LogP contribution is 2.33. The first-order chi connectivity index (χ1) is 10.9. The molecule has 0 bridgehead atoms. The summed E-state index contributed by atoms with van der Waals surface area (Å²) in [6.45, 7) is 2.21. The van der Waals surface area contributed by atoms with Crippen molar-refractivity contribution >= 4 is 23.2 Å².